The van der Waals surface area contributed by atoms with Crippen molar-refractivity contribution in [1.29, 1.82) is 0 Å². The summed E-state index contributed by atoms with van der Waals surface area (Å²) >= 11 is 1.61. The van der Waals surface area contributed by atoms with Gasteiger partial charge in [-0.1, -0.05) is 6.92 Å². The molecule has 0 aromatic carbocycles. The standard InChI is InChI=1S/C10H15NOS/c1-3-8(11)6-10(12)9-4-5-13-7(9)2/h4-5,8H,3,6,11H2,1-2H3. The van der Waals surface area contributed by atoms with Gasteiger partial charge in [-0.25, -0.2) is 0 Å². The quantitative estimate of drug-likeness (QED) is 0.753. The van der Waals surface area contributed by atoms with Crippen LogP contribution in [-0.4, -0.2) is 11.8 Å². The lowest BCUT2D eigenvalue weighted by molar-refractivity contribution is 0.0974. The van der Waals surface area contributed by atoms with E-state index in [1.54, 1.807) is 11.3 Å². The van der Waals surface area contributed by atoms with E-state index in [1.165, 1.54) is 0 Å². The highest BCUT2D eigenvalue weighted by Gasteiger charge is 2.12. The highest BCUT2D eigenvalue weighted by Crippen LogP contribution is 2.17. The van der Waals surface area contributed by atoms with Gasteiger partial charge in [-0.05, 0) is 24.8 Å². The van der Waals surface area contributed by atoms with E-state index < -0.39 is 0 Å². The summed E-state index contributed by atoms with van der Waals surface area (Å²) in [4.78, 5) is 12.7. The Morgan fingerprint density at radius 1 is 1.69 bits per heavy atom. The molecular formula is C10H15NOS. The molecule has 1 heterocycles. The van der Waals surface area contributed by atoms with E-state index in [-0.39, 0.29) is 11.8 Å². The van der Waals surface area contributed by atoms with Crippen molar-refractivity contribution in [2.24, 2.45) is 5.73 Å². The summed E-state index contributed by atoms with van der Waals surface area (Å²) in [6.45, 7) is 3.97. The third-order valence-corrected chi connectivity index (χ3v) is 2.98. The number of ketones is 1. The van der Waals surface area contributed by atoms with Crippen LogP contribution in [0.1, 0.15) is 35.0 Å². The second-order valence-electron chi connectivity index (χ2n) is 3.19. The molecular weight excluding hydrogens is 182 g/mol. The fourth-order valence-corrected chi connectivity index (χ4v) is 1.88. The Bertz CT molecular complexity index is 293. The summed E-state index contributed by atoms with van der Waals surface area (Å²) in [6.07, 6.45) is 1.32. The molecule has 3 heteroatoms. The fraction of sp³-hybridized carbons (Fsp3) is 0.500. The van der Waals surface area contributed by atoms with Crippen molar-refractivity contribution >= 4 is 17.1 Å². The van der Waals surface area contributed by atoms with Gasteiger partial charge >= 0.3 is 0 Å². The summed E-state index contributed by atoms with van der Waals surface area (Å²) in [6, 6.07) is 1.89. The van der Waals surface area contributed by atoms with Gasteiger partial charge in [0.2, 0.25) is 0 Å². The lowest BCUT2D eigenvalue weighted by Crippen LogP contribution is -2.22. The molecule has 72 valence electrons. The maximum Gasteiger partial charge on any atom is 0.165 e. The van der Waals surface area contributed by atoms with Crippen LogP contribution >= 0.6 is 11.3 Å². The zero-order chi connectivity index (χ0) is 9.84. The monoisotopic (exact) mass is 197 g/mol. The molecule has 1 aromatic heterocycles. The zero-order valence-corrected chi connectivity index (χ0v) is 8.86. The van der Waals surface area contributed by atoms with Gasteiger partial charge in [-0.3, -0.25) is 4.79 Å². The van der Waals surface area contributed by atoms with Crippen LogP contribution in [-0.2, 0) is 0 Å². The molecule has 0 aliphatic heterocycles. The maximum atomic E-state index is 11.6. The first-order valence-corrected chi connectivity index (χ1v) is 5.36. The Kier molecular flexibility index (Phi) is 3.63. The first-order chi connectivity index (χ1) is 6.15. The van der Waals surface area contributed by atoms with Crippen molar-refractivity contribution in [2.45, 2.75) is 32.7 Å². The number of hydrogen-bond donors (Lipinski definition) is 1. The van der Waals surface area contributed by atoms with E-state index in [0.717, 1.165) is 16.9 Å². The third kappa shape index (κ3) is 2.64. The van der Waals surface area contributed by atoms with Crippen LogP contribution < -0.4 is 5.73 Å². The number of hydrogen-bond acceptors (Lipinski definition) is 3. The molecule has 0 radical (unpaired) electrons. The molecule has 2 nitrogen and oxygen atoms in total. The van der Waals surface area contributed by atoms with Gasteiger partial charge in [-0.15, -0.1) is 11.3 Å². The average Bonchev–Trinajstić information content (AvgIpc) is 2.51. The molecule has 0 bridgehead atoms. The SMILES string of the molecule is CCC(N)CC(=O)c1ccsc1C. The van der Waals surface area contributed by atoms with Crippen LogP contribution in [0, 0.1) is 6.92 Å². The van der Waals surface area contributed by atoms with Gasteiger partial charge in [0.25, 0.3) is 0 Å². The van der Waals surface area contributed by atoms with Crippen LogP contribution in [0.5, 0.6) is 0 Å². The van der Waals surface area contributed by atoms with E-state index in [9.17, 15) is 4.79 Å². The molecule has 1 atom stereocenters. The largest absolute Gasteiger partial charge is 0.327 e. The molecule has 0 fully saturated rings. The topological polar surface area (TPSA) is 43.1 Å². The van der Waals surface area contributed by atoms with Crippen LogP contribution in [0.3, 0.4) is 0 Å². The number of aryl methyl sites for hydroxylation is 1. The Labute approximate surface area is 82.8 Å². The molecule has 13 heavy (non-hydrogen) atoms. The van der Waals surface area contributed by atoms with Gasteiger partial charge in [0.1, 0.15) is 0 Å². The minimum absolute atomic E-state index is 0.00630. The minimum Gasteiger partial charge on any atom is -0.327 e. The molecule has 0 spiro atoms. The molecule has 0 saturated heterocycles. The molecule has 1 rings (SSSR count). The predicted octanol–water partition coefficient (Wildman–Crippen LogP) is 2.37. The Hall–Kier alpha value is -0.670. The van der Waals surface area contributed by atoms with E-state index >= 15 is 0 Å². The lowest BCUT2D eigenvalue weighted by Gasteiger charge is -2.06. The van der Waals surface area contributed by atoms with Gasteiger partial charge < -0.3 is 5.73 Å². The number of thiophene rings is 1. The number of rotatable bonds is 4. The van der Waals surface area contributed by atoms with E-state index in [0.29, 0.717) is 6.42 Å². The summed E-state index contributed by atoms with van der Waals surface area (Å²) < 4.78 is 0. The van der Waals surface area contributed by atoms with E-state index in [2.05, 4.69) is 0 Å². The number of nitrogens with two attached hydrogens (primary N) is 1. The van der Waals surface area contributed by atoms with Crippen LogP contribution in [0.4, 0.5) is 0 Å². The number of Topliss-reactive ketones (excluding diaryl/α,β-unsaturated/α-hetero) is 1. The third-order valence-electron chi connectivity index (χ3n) is 2.13. The van der Waals surface area contributed by atoms with Crippen molar-refractivity contribution in [2.75, 3.05) is 0 Å². The highest BCUT2D eigenvalue weighted by molar-refractivity contribution is 7.10. The molecule has 0 aliphatic rings. The second-order valence-corrected chi connectivity index (χ2v) is 4.31. The summed E-state index contributed by atoms with van der Waals surface area (Å²) in [5.74, 6) is 0.174. The van der Waals surface area contributed by atoms with Crippen LogP contribution in [0.2, 0.25) is 0 Å². The van der Waals surface area contributed by atoms with Gasteiger partial charge in [0.05, 0.1) is 0 Å². The molecule has 0 saturated carbocycles. The maximum absolute atomic E-state index is 11.6. The molecule has 0 amide bonds. The van der Waals surface area contributed by atoms with Crippen molar-refractivity contribution in [3.05, 3.63) is 21.9 Å². The van der Waals surface area contributed by atoms with Crippen LogP contribution in [0.25, 0.3) is 0 Å². The molecule has 0 aliphatic carbocycles. The zero-order valence-electron chi connectivity index (χ0n) is 8.04. The van der Waals surface area contributed by atoms with E-state index in [4.69, 9.17) is 5.73 Å². The smallest absolute Gasteiger partial charge is 0.165 e. The molecule has 1 aromatic rings. The van der Waals surface area contributed by atoms with Crippen LogP contribution in [0.15, 0.2) is 11.4 Å². The number of carbonyl (C=O) groups is 1. The summed E-state index contributed by atoms with van der Waals surface area (Å²) in [5, 5.41) is 1.94. The predicted molar refractivity (Wildman–Crippen MR) is 56.3 cm³/mol. The first-order valence-electron chi connectivity index (χ1n) is 4.48. The normalized spacial score (nSPS) is 12.8. The lowest BCUT2D eigenvalue weighted by atomic mass is 10.0. The first kappa shape index (κ1) is 10.4. The summed E-state index contributed by atoms with van der Waals surface area (Å²) in [5.41, 5.74) is 6.55. The fourth-order valence-electron chi connectivity index (χ4n) is 1.17. The second kappa shape index (κ2) is 4.53. The average molecular weight is 197 g/mol. The Morgan fingerprint density at radius 3 is 2.85 bits per heavy atom. The van der Waals surface area contributed by atoms with Gasteiger partial charge in [-0.2, -0.15) is 0 Å². The highest BCUT2D eigenvalue weighted by atomic mass is 32.1. The minimum atomic E-state index is 0.00630. The van der Waals surface area contributed by atoms with Gasteiger partial charge in [0, 0.05) is 22.9 Å². The number of carbonyl (C=O) groups excluding carboxylic acids is 1. The van der Waals surface area contributed by atoms with Crippen molar-refractivity contribution < 1.29 is 4.79 Å². The van der Waals surface area contributed by atoms with Crippen molar-refractivity contribution in [3.63, 3.8) is 0 Å². The molecule has 2 N–H and O–H groups in total. The molecule has 1 unspecified atom stereocenters. The Morgan fingerprint density at radius 2 is 2.38 bits per heavy atom. The van der Waals surface area contributed by atoms with Gasteiger partial charge in [0.15, 0.2) is 5.78 Å². The summed E-state index contributed by atoms with van der Waals surface area (Å²) in [7, 11) is 0. The van der Waals surface area contributed by atoms with Crippen molar-refractivity contribution in [3.8, 4) is 0 Å². The van der Waals surface area contributed by atoms with Crippen molar-refractivity contribution in [1.82, 2.24) is 0 Å². The Balaban J connectivity index is 2.64. The van der Waals surface area contributed by atoms with E-state index in [1.807, 2.05) is 25.3 Å².